The number of carbonyl (C=O) groups excluding carboxylic acids is 2. The molecule has 0 unspecified atom stereocenters. The number of esters is 1. The Morgan fingerprint density at radius 1 is 1.07 bits per heavy atom. The van der Waals surface area contributed by atoms with Crippen molar-refractivity contribution in [3.8, 4) is 0 Å². The maximum absolute atomic E-state index is 12.8. The van der Waals surface area contributed by atoms with Crippen molar-refractivity contribution in [1.29, 1.82) is 0 Å². The minimum Gasteiger partial charge on any atom is -0.466 e. The van der Waals surface area contributed by atoms with Gasteiger partial charge in [-0.3, -0.25) is 9.59 Å². The van der Waals surface area contributed by atoms with Crippen molar-refractivity contribution in [2.75, 3.05) is 32.8 Å². The van der Waals surface area contributed by atoms with Crippen LogP contribution in [0.4, 0.5) is 0 Å². The highest BCUT2D eigenvalue weighted by atomic mass is 32.2. The van der Waals surface area contributed by atoms with Gasteiger partial charge in [-0.15, -0.1) is 0 Å². The SMILES string of the molecule is CCOC(=O)[C@@H]1CCCN(C(=O)c2ccc(S(=O)(=O)N3CCCC3)cc2)C1. The fourth-order valence-corrected chi connectivity index (χ4v) is 5.16. The van der Waals surface area contributed by atoms with Gasteiger partial charge in [0.15, 0.2) is 0 Å². The van der Waals surface area contributed by atoms with E-state index in [0.717, 1.165) is 25.7 Å². The van der Waals surface area contributed by atoms with E-state index in [0.29, 0.717) is 38.3 Å². The standard InChI is InChI=1S/C19H26N2O5S/c1-2-26-19(23)16-6-5-11-20(14-16)18(22)15-7-9-17(10-8-15)27(24,25)21-12-3-4-13-21/h7-10,16H,2-6,11-14H2,1H3/t16-/m1/s1. The molecule has 2 aliphatic rings. The number of hydrogen-bond donors (Lipinski definition) is 0. The third kappa shape index (κ3) is 4.32. The molecule has 27 heavy (non-hydrogen) atoms. The largest absolute Gasteiger partial charge is 0.466 e. The summed E-state index contributed by atoms with van der Waals surface area (Å²) in [6.45, 7) is 4.11. The second-order valence-electron chi connectivity index (χ2n) is 6.98. The molecule has 148 valence electrons. The fourth-order valence-electron chi connectivity index (χ4n) is 3.64. The van der Waals surface area contributed by atoms with Crippen LogP contribution in [0.5, 0.6) is 0 Å². The van der Waals surface area contributed by atoms with Gasteiger partial charge in [-0.25, -0.2) is 8.42 Å². The van der Waals surface area contributed by atoms with Crippen LogP contribution in [0.2, 0.25) is 0 Å². The van der Waals surface area contributed by atoms with Crippen LogP contribution in [-0.4, -0.2) is 62.3 Å². The van der Waals surface area contributed by atoms with Gasteiger partial charge in [0.05, 0.1) is 17.4 Å². The second-order valence-corrected chi connectivity index (χ2v) is 8.92. The molecule has 0 bridgehead atoms. The predicted molar refractivity (Wildman–Crippen MR) is 99.7 cm³/mol. The molecular formula is C19H26N2O5S. The van der Waals surface area contributed by atoms with E-state index < -0.39 is 10.0 Å². The van der Waals surface area contributed by atoms with Crippen LogP contribution < -0.4 is 0 Å². The molecule has 3 rings (SSSR count). The lowest BCUT2D eigenvalue weighted by molar-refractivity contribution is -0.149. The summed E-state index contributed by atoms with van der Waals surface area (Å²) >= 11 is 0. The maximum atomic E-state index is 12.8. The molecule has 2 saturated heterocycles. The molecule has 0 aliphatic carbocycles. The Morgan fingerprint density at radius 3 is 2.37 bits per heavy atom. The summed E-state index contributed by atoms with van der Waals surface area (Å²) in [5, 5.41) is 0. The first-order valence-corrected chi connectivity index (χ1v) is 10.9. The molecule has 1 amide bonds. The van der Waals surface area contributed by atoms with Gasteiger partial charge < -0.3 is 9.64 Å². The molecule has 0 spiro atoms. The molecule has 2 aliphatic heterocycles. The molecule has 0 N–H and O–H groups in total. The van der Waals surface area contributed by atoms with Crippen LogP contribution in [0.1, 0.15) is 43.0 Å². The minimum atomic E-state index is -3.49. The van der Waals surface area contributed by atoms with Gasteiger partial charge >= 0.3 is 5.97 Å². The van der Waals surface area contributed by atoms with E-state index in [1.165, 1.54) is 16.4 Å². The van der Waals surface area contributed by atoms with Gasteiger partial charge in [0.1, 0.15) is 0 Å². The van der Waals surface area contributed by atoms with Crippen LogP contribution >= 0.6 is 0 Å². The van der Waals surface area contributed by atoms with E-state index in [9.17, 15) is 18.0 Å². The highest BCUT2D eigenvalue weighted by molar-refractivity contribution is 7.89. The van der Waals surface area contributed by atoms with Crippen molar-refractivity contribution >= 4 is 21.9 Å². The lowest BCUT2D eigenvalue weighted by Crippen LogP contribution is -2.42. The number of rotatable bonds is 5. The molecule has 1 aromatic rings. The van der Waals surface area contributed by atoms with Crippen LogP contribution in [0.25, 0.3) is 0 Å². The first-order chi connectivity index (χ1) is 12.9. The van der Waals surface area contributed by atoms with Crippen molar-refractivity contribution in [2.24, 2.45) is 5.92 Å². The molecule has 2 heterocycles. The number of carbonyl (C=O) groups is 2. The number of ether oxygens (including phenoxy) is 1. The molecule has 0 radical (unpaired) electrons. The van der Waals surface area contributed by atoms with Gasteiger partial charge in [0.25, 0.3) is 5.91 Å². The van der Waals surface area contributed by atoms with E-state index in [1.54, 1.807) is 24.0 Å². The highest BCUT2D eigenvalue weighted by Gasteiger charge is 2.31. The van der Waals surface area contributed by atoms with Crippen molar-refractivity contribution in [2.45, 2.75) is 37.5 Å². The molecule has 7 nitrogen and oxygen atoms in total. The Bertz CT molecular complexity index is 785. The molecule has 0 aromatic heterocycles. The van der Waals surface area contributed by atoms with Crippen LogP contribution in [0.15, 0.2) is 29.2 Å². The molecule has 8 heteroatoms. The lowest BCUT2D eigenvalue weighted by Gasteiger charge is -2.31. The first-order valence-electron chi connectivity index (χ1n) is 9.49. The van der Waals surface area contributed by atoms with E-state index in [1.807, 2.05) is 0 Å². The minimum absolute atomic E-state index is 0.186. The van der Waals surface area contributed by atoms with Gasteiger partial charge in [0.2, 0.25) is 10.0 Å². The molecule has 2 fully saturated rings. The Hall–Kier alpha value is -1.93. The van der Waals surface area contributed by atoms with Crippen molar-refractivity contribution in [3.63, 3.8) is 0 Å². The van der Waals surface area contributed by atoms with E-state index in [4.69, 9.17) is 4.74 Å². The zero-order valence-corrected chi connectivity index (χ0v) is 16.4. The number of likely N-dealkylation sites (tertiary alicyclic amines) is 1. The number of nitrogens with zero attached hydrogens (tertiary/aromatic N) is 2. The number of hydrogen-bond acceptors (Lipinski definition) is 5. The van der Waals surface area contributed by atoms with E-state index >= 15 is 0 Å². The molecule has 0 saturated carbocycles. The Labute approximate surface area is 160 Å². The zero-order chi connectivity index (χ0) is 19.4. The monoisotopic (exact) mass is 394 g/mol. The normalized spacial score (nSPS) is 21.2. The van der Waals surface area contributed by atoms with E-state index in [-0.39, 0.29) is 22.7 Å². The smallest absolute Gasteiger partial charge is 0.310 e. The molecule has 1 atom stereocenters. The van der Waals surface area contributed by atoms with Gasteiger partial charge in [-0.1, -0.05) is 0 Å². The third-order valence-corrected chi connectivity index (χ3v) is 7.05. The summed E-state index contributed by atoms with van der Waals surface area (Å²) in [5.74, 6) is -0.742. The summed E-state index contributed by atoms with van der Waals surface area (Å²) < 4.78 is 31.7. The first kappa shape index (κ1) is 19.8. The number of piperidine rings is 1. The Balaban J connectivity index is 1.69. The quantitative estimate of drug-likeness (QED) is 0.712. The van der Waals surface area contributed by atoms with Gasteiger partial charge in [0, 0.05) is 31.7 Å². The van der Waals surface area contributed by atoms with Crippen LogP contribution in [-0.2, 0) is 19.6 Å². The summed E-state index contributed by atoms with van der Waals surface area (Å²) in [7, 11) is -3.49. The average Bonchev–Trinajstić information content (AvgIpc) is 3.23. The molecular weight excluding hydrogens is 368 g/mol. The summed E-state index contributed by atoms with van der Waals surface area (Å²) in [4.78, 5) is 26.6. The van der Waals surface area contributed by atoms with Crippen molar-refractivity contribution in [3.05, 3.63) is 29.8 Å². The Kier molecular flexibility index (Phi) is 6.16. The Morgan fingerprint density at radius 2 is 1.74 bits per heavy atom. The number of amides is 1. The van der Waals surface area contributed by atoms with Gasteiger partial charge in [-0.2, -0.15) is 4.31 Å². The summed E-state index contributed by atoms with van der Waals surface area (Å²) in [6.07, 6.45) is 3.23. The van der Waals surface area contributed by atoms with Crippen LogP contribution in [0, 0.1) is 5.92 Å². The number of benzene rings is 1. The third-order valence-electron chi connectivity index (χ3n) is 5.13. The van der Waals surface area contributed by atoms with E-state index in [2.05, 4.69) is 0 Å². The molecule has 1 aromatic carbocycles. The lowest BCUT2D eigenvalue weighted by atomic mass is 9.97. The average molecular weight is 394 g/mol. The summed E-state index contributed by atoms with van der Waals surface area (Å²) in [6, 6.07) is 6.10. The van der Waals surface area contributed by atoms with Crippen molar-refractivity contribution < 1.29 is 22.7 Å². The maximum Gasteiger partial charge on any atom is 0.310 e. The van der Waals surface area contributed by atoms with Crippen molar-refractivity contribution in [1.82, 2.24) is 9.21 Å². The number of sulfonamides is 1. The second kappa shape index (κ2) is 8.39. The van der Waals surface area contributed by atoms with Gasteiger partial charge in [-0.05, 0) is 56.9 Å². The predicted octanol–water partition coefficient (Wildman–Crippen LogP) is 1.89. The van der Waals surface area contributed by atoms with Crippen LogP contribution in [0.3, 0.4) is 0 Å². The topological polar surface area (TPSA) is 84.0 Å². The summed E-state index contributed by atoms with van der Waals surface area (Å²) in [5.41, 5.74) is 0.430. The fraction of sp³-hybridized carbons (Fsp3) is 0.579. The highest BCUT2D eigenvalue weighted by Crippen LogP contribution is 2.23. The zero-order valence-electron chi connectivity index (χ0n) is 15.6.